The third-order valence-electron chi connectivity index (χ3n) is 4.16. The van der Waals surface area contributed by atoms with Crippen LogP contribution in [-0.2, 0) is 0 Å². The van der Waals surface area contributed by atoms with Gasteiger partial charge in [0.05, 0.1) is 16.6 Å². The molecule has 7 heteroatoms. The predicted octanol–water partition coefficient (Wildman–Crippen LogP) is 2.98. The number of imidazole rings is 1. The molecule has 3 heterocycles. The van der Waals surface area contributed by atoms with Crippen LogP contribution in [0.25, 0.3) is 16.7 Å². The summed E-state index contributed by atoms with van der Waals surface area (Å²) in [5.41, 5.74) is 4.02. The Bertz CT molecular complexity index is 1110. The number of hydrogen-bond acceptors (Lipinski definition) is 6. The lowest BCUT2D eigenvalue weighted by Crippen LogP contribution is -2.16. The highest BCUT2D eigenvalue weighted by Crippen LogP contribution is 2.26. The van der Waals surface area contributed by atoms with E-state index >= 15 is 0 Å². The van der Waals surface area contributed by atoms with Gasteiger partial charge in [-0.05, 0) is 36.8 Å². The lowest BCUT2D eigenvalue weighted by Gasteiger charge is -2.12. The van der Waals surface area contributed by atoms with Crippen LogP contribution in [0.5, 0.6) is 0 Å². The number of hydrogen-bond donors (Lipinski definition) is 2. The number of para-hydroxylation sites is 2. The van der Waals surface area contributed by atoms with Gasteiger partial charge in [-0.3, -0.25) is 4.40 Å². The smallest absolute Gasteiger partial charge is 0.222 e. The highest BCUT2D eigenvalue weighted by molar-refractivity contribution is 5.85. The molecule has 128 valence electrons. The number of nitriles is 1. The summed E-state index contributed by atoms with van der Waals surface area (Å²) < 4.78 is 2.00. The Labute approximate surface area is 150 Å². The van der Waals surface area contributed by atoms with E-state index in [9.17, 15) is 5.26 Å². The monoisotopic (exact) mass is 343 g/mol. The van der Waals surface area contributed by atoms with Crippen LogP contribution in [0, 0.1) is 18.3 Å². The SMILES string of the molecule is Cc1cc(NCCNc2ncccn2)n2c(nc3ccccc32)c1C#N. The van der Waals surface area contributed by atoms with Crippen molar-refractivity contribution in [1.82, 2.24) is 19.4 Å². The summed E-state index contributed by atoms with van der Waals surface area (Å²) in [7, 11) is 0. The van der Waals surface area contributed by atoms with E-state index in [1.54, 1.807) is 18.5 Å². The van der Waals surface area contributed by atoms with Crippen LogP contribution in [-0.4, -0.2) is 32.4 Å². The van der Waals surface area contributed by atoms with E-state index in [0.29, 0.717) is 30.2 Å². The summed E-state index contributed by atoms with van der Waals surface area (Å²) in [5, 5.41) is 16.1. The molecule has 4 rings (SSSR count). The number of pyridine rings is 1. The predicted molar refractivity (Wildman–Crippen MR) is 101 cm³/mol. The van der Waals surface area contributed by atoms with Crippen LogP contribution in [0.15, 0.2) is 48.8 Å². The van der Waals surface area contributed by atoms with Crippen LogP contribution in [0.2, 0.25) is 0 Å². The third-order valence-corrected chi connectivity index (χ3v) is 4.16. The molecule has 26 heavy (non-hydrogen) atoms. The molecule has 0 unspecified atom stereocenters. The fourth-order valence-corrected chi connectivity index (χ4v) is 2.98. The number of rotatable bonds is 5. The zero-order valence-electron chi connectivity index (χ0n) is 14.3. The van der Waals surface area contributed by atoms with E-state index < -0.39 is 0 Å². The normalized spacial score (nSPS) is 10.8. The number of aromatic nitrogens is 4. The molecule has 3 aromatic heterocycles. The van der Waals surface area contributed by atoms with Gasteiger partial charge in [-0.1, -0.05) is 12.1 Å². The highest BCUT2D eigenvalue weighted by atomic mass is 15.1. The lowest BCUT2D eigenvalue weighted by atomic mass is 10.1. The molecule has 0 atom stereocenters. The quantitative estimate of drug-likeness (QED) is 0.541. The van der Waals surface area contributed by atoms with Crippen molar-refractivity contribution in [3.8, 4) is 6.07 Å². The zero-order chi connectivity index (χ0) is 17.9. The molecule has 0 radical (unpaired) electrons. The first-order valence-electron chi connectivity index (χ1n) is 8.33. The fourth-order valence-electron chi connectivity index (χ4n) is 2.98. The molecule has 0 saturated heterocycles. The summed E-state index contributed by atoms with van der Waals surface area (Å²) in [5.74, 6) is 1.50. The first-order valence-corrected chi connectivity index (χ1v) is 8.33. The fraction of sp³-hybridized carbons (Fsp3) is 0.158. The average molecular weight is 343 g/mol. The van der Waals surface area contributed by atoms with E-state index in [0.717, 1.165) is 22.4 Å². The number of benzene rings is 1. The molecule has 0 aliphatic heterocycles. The van der Waals surface area contributed by atoms with Gasteiger partial charge >= 0.3 is 0 Å². The van der Waals surface area contributed by atoms with Gasteiger partial charge in [0.15, 0.2) is 5.65 Å². The molecular weight excluding hydrogens is 326 g/mol. The van der Waals surface area contributed by atoms with Gasteiger partial charge in [0.1, 0.15) is 11.9 Å². The zero-order valence-corrected chi connectivity index (χ0v) is 14.3. The van der Waals surface area contributed by atoms with Crippen LogP contribution in [0.4, 0.5) is 11.8 Å². The topological polar surface area (TPSA) is 90.9 Å². The van der Waals surface area contributed by atoms with Crippen LogP contribution in [0.3, 0.4) is 0 Å². The Kier molecular flexibility index (Phi) is 4.07. The van der Waals surface area contributed by atoms with E-state index in [-0.39, 0.29) is 0 Å². The van der Waals surface area contributed by atoms with Crippen LogP contribution < -0.4 is 10.6 Å². The standard InChI is InChI=1S/C19H17N7/c1-13-11-17(21-9-10-24-19-22-7-4-8-23-19)26-16-6-3-2-5-15(16)25-18(26)14(13)12-20/h2-8,11,21H,9-10H2,1H3,(H,22,23,24). The number of anilines is 2. The molecule has 0 fully saturated rings. The van der Waals surface area contributed by atoms with Crippen molar-refractivity contribution in [2.75, 3.05) is 23.7 Å². The largest absolute Gasteiger partial charge is 0.369 e. The Morgan fingerprint density at radius 3 is 2.65 bits per heavy atom. The van der Waals surface area contributed by atoms with Gasteiger partial charge in [0.2, 0.25) is 5.95 Å². The molecular formula is C19H17N7. The molecule has 0 bridgehead atoms. The Morgan fingerprint density at radius 2 is 1.85 bits per heavy atom. The second-order valence-electron chi connectivity index (χ2n) is 5.88. The molecule has 0 spiro atoms. The summed E-state index contributed by atoms with van der Waals surface area (Å²) in [4.78, 5) is 12.9. The molecule has 0 amide bonds. The Hall–Kier alpha value is -3.66. The minimum Gasteiger partial charge on any atom is -0.369 e. The van der Waals surface area contributed by atoms with Crippen molar-refractivity contribution in [3.05, 3.63) is 59.9 Å². The van der Waals surface area contributed by atoms with Gasteiger partial charge < -0.3 is 10.6 Å². The van der Waals surface area contributed by atoms with Crippen molar-refractivity contribution in [2.24, 2.45) is 0 Å². The van der Waals surface area contributed by atoms with E-state index in [4.69, 9.17) is 0 Å². The maximum Gasteiger partial charge on any atom is 0.222 e. The summed E-state index contributed by atoms with van der Waals surface area (Å²) in [6, 6.07) is 13.9. The average Bonchev–Trinajstić information content (AvgIpc) is 3.05. The number of aryl methyl sites for hydroxylation is 1. The molecule has 0 saturated carbocycles. The van der Waals surface area contributed by atoms with Crippen LogP contribution in [0.1, 0.15) is 11.1 Å². The Balaban J connectivity index is 1.65. The van der Waals surface area contributed by atoms with Crippen LogP contribution >= 0.6 is 0 Å². The van der Waals surface area contributed by atoms with Gasteiger partial charge in [-0.2, -0.15) is 5.26 Å². The van der Waals surface area contributed by atoms with Crippen molar-refractivity contribution in [2.45, 2.75) is 6.92 Å². The molecule has 0 aliphatic carbocycles. The highest BCUT2D eigenvalue weighted by Gasteiger charge is 2.14. The van der Waals surface area contributed by atoms with E-state index in [1.165, 1.54) is 0 Å². The first-order chi connectivity index (χ1) is 12.8. The van der Waals surface area contributed by atoms with Gasteiger partial charge in [-0.25, -0.2) is 15.0 Å². The second kappa shape index (κ2) is 6.69. The Morgan fingerprint density at radius 1 is 1.08 bits per heavy atom. The second-order valence-corrected chi connectivity index (χ2v) is 5.88. The summed E-state index contributed by atoms with van der Waals surface area (Å²) in [6.07, 6.45) is 3.40. The molecule has 4 aromatic rings. The molecule has 2 N–H and O–H groups in total. The summed E-state index contributed by atoms with van der Waals surface area (Å²) in [6.45, 7) is 3.27. The van der Waals surface area contributed by atoms with E-state index in [2.05, 4.69) is 31.7 Å². The van der Waals surface area contributed by atoms with E-state index in [1.807, 2.05) is 41.7 Å². The minimum absolute atomic E-state index is 0.600. The van der Waals surface area contributed by atoms with Crippen molar-refractivity contribution >= 4 is 28.4 Å². The van der Waals surface area contributed by atoms with Gasteiger partial charge in [-0.15, -0.1) is 0 Å². The maximum absolute atomic E-state index is 9.53. The third kappa shape index (κ3) is 2.78. The summed E-state index contributed by atoms with van der Waals surface area (Å²) >= 11 is 0. The number of nitrogens with one attached hydrogen (secondary N) is 2. The maximum atomic E-state index is 9.53. The lowest BCUT2D eigenvalue weighted by molar-refractivity contribution is 1.01. The molecule has 1 aromatic carbocycles. The van der Waals surface area contributed by atoms with Gasteiger partial charge in [0.25, 0.3) is 0 Å². The molecule has 7 nitrogen and oxygen atoms in total. The van der Waals surface area contributed by atoms with Crippen molar-refractivity contribution in [3.63, 3.8) is 0 Å². The first kappa shape index (κ1) is 15.8. The number of nitrogens with zero attached hydrogens (tertiary/aromatic N) is 5. The number of fused-ring (bicyclic) bond motifs is 3. The van der Waals surface area contributed by atoms with Crippen molar-refractivity contribution < 1.29 is 0 Å². The molecule has 0 aliphatic rings. The minimum atomic E-state index is 0.600. The van der Waals surface area contributed by atoms with Crippen molar-refractivity contribution in [1.29, 1.82) is 5.26 Å². The van der Waals surface area contributed by atoms with Gasteiger partial charge in [0, 0.05) is 25.5 Å².